The summed E-state index contributed by atoms with van der Waals surface area (Å²) in [5, 5.41) is 8.65. The molecule has 1 rings (SSSR count). The molecule has 0 amide bonds. The molecule has 1 aromatic carbocycles. The zero-order valence-corrected chi connectivity index (χ0v) is 7.73. The second kappa shape index (κ2) is 3.97. The molecule has 1 aromatic rings. The lowest BCUT2D eigenvalue weighted by molar-refractivity contribution is -0.407. The van der Waals surface area contributed by atoms with Gasteiger partial charge in [0.05, 0.1) is 11.4 Å². The summed E-state index contributed by atoms with van der Waals surface area (Å²) in [4.78, 5) is 10.5. The SMILES string of the molecule is Nc1ccc(CC([NH3+])C(=O)O)cc1N. The van der Waals surface area contributed by atoms with E-state index in [4.69, 9.17) is 16.6 Å². The highest BCUT2D eigenvalue weighted by atomic mass is 16.4. The molecular formula is C9H14N3O2+. The van der Waals surface area contributed by atoms with Crippen LogP contribution in [0.3, 0.4) is 0 Å². The van der Waals surface area contributed by atoms with Crippen molar-refractivity contribution < 1.29 is 15.6 Å². The van der Waals surface area contributed by atoms with Gasteiger partial charge in [0.15, 0.2) is 6.04 Å². The second-order valence-corrected chi connectivity index (χ2v) is 3.20. The molecule has 0 aliphatic rings. The molecule has 0 heterocycles. The predicted molar refractivity (Wildman–Crippen MR) is 53.3 cm³/mol. The fourth-order valence-corrected chi connectivity index (χ4v) is 1.12. The van der Waals surface area contributed by atoms with Crippen LogP contribution in [0, 0.1) is 0 Å². The van der Waals surface area contributed by atoms with Crippen molar-refractivity contribution in [3.05, 3.63) is 23.8 Å². The van der Waals surface area contributed by atoms with Gasteiger partial charge < -0.3 is 22.3 Å². The zero-order valence-electron chi connectivity index (χ0n) is 7.73. The Labute approximate surface area is 81.5 Å². The number of benzene rings is 1. The van der Waals surface area contributed by atoms with Crippen molar-refractivity contribution >= 4 is 17.3 Å². The summed E-state index contributed by atoms with van der Waals surface area (Å²) in [7, 11) is 0. The number of hydrogen-bond donors (Lipinski definition) is 4. The maximum atomic E-state index is 10.5. The summed E-state index contributed by atoms with van der Waals surface area (Å²) in [6.45, 7) is 0. The molecule has 5 nitrogen and oxygen atoms in total. The summed E-state index contributed by atoms with van der Waals surface area (Å²) < 4.78 is 0. The fourth-order valence-electron chi connectivity index (χ4n) is 1.12. The van der Waals surface area contributed by atoms with Gasteiger partial charge in [-0.2, -0.15) is 0 Å². The Bertz CT molecular complexity index is 352. The highest BCUT2D eigenvalue weighted by molar-refractivity contribution is 5.72. The monoisotopic (exact) mass is 196 g/mol. The van der Waals surface area contributed by atoms with E-state index in [0.717, 1.165) is 5.56 Å². The minimum Gasteiger partial charge on any atom is -0.477 e. The van der Waals surface area contributed by atoms with E-state index in [9.17, 15) is 4.79 Å². The van der Waals surface area contributed by atoms with Gasteiger partial charge in [-0.05, 0) is 17.7 Å². The van der Waals surface area contributed by atoms with Crippen molar-refractivity contribution in [2.24, 2.45) is 0 Å². The van der Waals surface area contributed by atoms with Gasteiger partial charge in [-0.15, -0.1) is 0 Å². The van der Waals surface area contributed by atoms with Gasteiger partial charge in [-0.3, -0.25) is 0 Å². The van der Waals surface area contributed by atoms with Crippen molar-refractivity contribution in [3.8, 4) is 0 Å². The molecule has 0 aromatic heterocycles. The third-order valence-electron chi connectivity index (χ3n) is 1.98. The Balaban J connectivity index is 2.78. The number of carboxylic acids is 1. The molecule has 14 heavy (non-hydrogen) atoms. The number of anilines is 2. The van der Waals surface area contributed by atoms with Crippen LogP contribution >= 0.6 is 0 Å². The van der Waals surface area contributed by atoms with Crippen LogP contribution in [0.15, 0.2) is 18.2 Å². The van der Waals surface area contributed by atoms with Gasteiger partial charge in [-0.1, -0.05) is 6.07 Å². The predicted octanol–water partition coefficient (Wildman–Crippen LogP) is -0.911. The largest absolute Gasteiger partial charge is 0.477 e. The number of hydrogen-bond acceptors (Lipinski definition) is 3. The molecule has 5 heteroatoms. The topological polar surface area (TPSA) is 117 Å². The first kappa shape index (κ1) is 10.3. The number of carboxylic acid groups (broad SMARTS) is 1. The van der Waals surface area contributed by atoms with E-state index in [1.807, 2.05) is 0 Å². The van der Waals surface area contributed by atoms with Gasteiger partial charge in [-0.25, -0.2) is 4.79 Å². The number of rotatable bonds is 3. The average Bonchev–Trinajstić information content (AvgIpc) is 2.11. The van der Waals surface area contributed by atoms with Crippen molar-refractivity contribution in [2.45, 2.75) is 12.5 Å². The van der Waals surface area contributed by atoms with Crippen molar-refractivity contribution in [1.82, 2.24) is 0 Å². The van der Waals surface area contributed by atoms with Crippen LogP contribution in [0.25, 0.3) is 0 Å². The van der Waals surface area contributed by atoms with Gasteiger partial charge in [0, 0.05) is 6.42 Å². The van der Waals surface area contributed by atoms with Crippen LogP contribution in [-0.2, 0) is 11.2 Å². The minimum atomic E-state index is -0.916. The number of aliphatic carboxylic acids is 1. The van der Waals surface area contributed by atoms with E-state index in [1.54, 1.807) is 18.2 Å². The van der Waals surface area contributed by atoms with Gasteiger partial charge in [0.25, 0.3) is 0 Å². The number of carbonyl (C=O) groups is 1. The molecule has 0 bridgehead atoms. The van der Waals surface area contributed by atoms with E-state index in [1.165, 1.54) is 0 Å². The second-order valence-electron chi connectivity index (χ2n) is 3.20. The molecule has 1 unspecified atom stereocenters. The standard InChI is InChI=1S/C9H13N3O2/c10-6-2-1-5(3-7(6)11)4-8(12)9(13)14/h1-3,8H,4,10-12H2,(H,13,14)/p+1. The van der Waals surface area contributed by atoms with Crippen LogP contribution in [-0.4, -0.2) is 17.1 Å². The highest BCUT2D eigenvalue weighted by Gasteiger charge is 2.16. The molecule has 0 spiro atoms. The van der Waals surface area contributed by atoms with E-state index < -0.39 is 12.0 Å². The molecule has 0 saturated heterocycles. The molecule has 0 saturated carbocycles. The van der Waals surface area contributed by atoms with Gasteiger partial charge >= 0.3 is 5.97 Å². The lowest BCUT2D eigenvalue weighted by Crippen LogP contribution is -2.65. The van der Waals surface area contributed by atoms with Crippen LogP contribution in [0.5, 0.6) is 0 Å². The molecule has 76 valence electrons. The van der Waals surface area contributed by atoms with Crippen LogP contribution < -0.4 is 17.2 Å². The summed E-state index contributed by atoms with van der Waals surface area (Å²) >= 11 is 0. The fraction of sp³-hybridized carbons (Fsp3) is 0.222. The maximum Gasteiger partial charge on any atom is 0.362 e. The molecule has 8 N–H and O–H groups in total. The van der Waals surface area contributed by atoms with E-state index in [2.05, 4.69) is 5.73 Å². The Kier molecular flexibility index (Phi) is 2.93. The van der Waals surface area contributed by atoms with E-state index >= 15 is 0 Å². The Hall–Kier alpha value is -1.75. The van der Waals surface area contributed by atoms with Crippen LogP contribution in [0.2, 0.25) is 0 Å². The molecule has 0 fully saturated rings. The third-order valence-corrected chi connectivity index (χ3v) is 1.98. The van der Waals surface area contributed by atoms with Crippen LogP contribution in [0.4, 0.5) is 11.4 Å². The summed E-state index contributed by atoms with van der Waals surface area (Å²) in [6.07, 6.45) is 0.361. The summed E-state index contributed by atoms with van der Waals surface area (Å²) in [5.41, 5.74) is 16.4. The lowest BCUT2D eigenvalue weighted by atomic mass is 10.1. The molecule has 0 aliphatic carbocycles. The summed E-state index contributed by atoms with van der Waals surface area (Å²) in [5.74, 6) is -0.916. The Morgan fingerprint density at radius 1 is 1.43 bits per heavy atom. The van der Waals surface area contributed by atoms with E-state index in [0.29, 0.717) is 17.8 Å². The normalized spacial score (nSPS) is 12.4. The van der Waals surface area contributed by atoms with Crippen molar-refractivity contribution in [1.29, 1.82) is 0 Å². The maximum absolute atomic E-state index is 10.5. The molecule has 0 aliphatic heterocycles. The van der Waals surface area contributed by atoms with E-state index in [-0.39, 0.29) is 0 Å². The third kappa shape index (κ3) is 2.37. The first-order valence-electron chi connectivity index (χ1n) is 4.20. The number of quaternary nitrogens is 1. The van der Waals surface area contributed by atoms with Crippen molar-refractivity contribution in [3.63, 3.8) is 0 Å². The Morgan fingerprint density at radius 3 is 2.57 bits per heavy atom. The van der Waals surface area contributed by atoms with Crippen LogP contribution in [0.1, 0.15) is 5.56 Å². The molecule has 1 atom stereocenters. The van der Waals surface area contributed by atoms with Gasteiger partial charge in [0.2, 0.25) is 0 Å². The first-order valence-corrected chi connectivity index (χ1v) is 4.20. The minimum absolute atomic E-state index is 0.361. The van der Waals surface area contributed by atoms with Gasteiger partial charge in [0.1, 0.15) is 0 Å². The highest BCUT2D eigenvalue weighted by Crippen LogP contribution is 2.16. The number of nitrogen functional groups attached to an aromatic ring is 2. The number of nitrogens with two attached hydrogens (primary N) is 2. The zero-order chi connectivity index (χ0) is 10.7. The first-order chi connectivity index (χ1) is 6.50. The molecule has 0 radical (unpaired) electrons. The summed E-state index contributed by atoms with van der Waals surface area (Å²) in [6, 6.07) is 4.45. The molecular weight excluding hydrogens is 182 g/mol. The smallest absolute Gasteiger partial charge is 0.362 e. The Morgan fingerprint density at radius 2 is 2.07 bits per heavy atom. The van der Waals surface area contributed by atoms with Crippen molar-refractivity contribution in [2.75, 3.05) is 11.5 Å². The quantitative estimate of drug-likeness (QED) is 0.468. The average molecular weight is 196 g/mol. The lowest BCUT2D eigenvalue weighted by Gasteiger charge is -2.06.